The van der Waals surface area contributed by atoms with Gasteiger partial charge in [-0.05, 0) is 42.2 Å². The Kier molecular flexibility index (Phi) is 5.29. The average molecular weight is 395 g/mol. The second-order valence-electron chi connectivity index (χ2n) is 7.11. The van der Waals surface area contributed by atoms with Gasteiger partial charge in [0.25, 0.3) is 0 Å². The Morgan fingerprint density at radius 2 is 2.03 bits per heavy atom. The van der Waals surface area contributed by atoms with E-state index < -0.39 is 29.7 Å². The fraction of sp³-hybridized carbons (Fsp3) is 0.318. The number of nitrogens with one attached hydrogen (secondary N) is 1. The van der Waals surface area contributed by atoms with Crippen LogP contribution in [0.1, 0.15) is 29.7 Å². The van der Waals surface area contributed by atoms with Gasteiger partial charge in [0.15, 0.2) is 5.92 Å². The first-order chi connectivity index (χ1) is 14.1. The molecule has 0 aliphatic carbocycles. The fourth-order valence-electron chi connectivity index (χ4n) is 3.83. The molecule has 1 N–H and O–H groups in total. The Balaban J connectivity index is 1.69. The number of carbonyl (C=O) groups excluding carboxylic acids is 2. The van der Waals surface area contributed by atoms with E-state index in [1.807, 2.05) is 17.0 Å². The number of halogens is 1. The van der Waals surface area contributed by atoms with Crippen LogP contribution in [0.3, 0.4) is 0 Å². The molecule has 0 fully saturated rings. The van der Waals surface area contributed by atoms with Crippen LogP contribution in [0.25, 0.3) is 0 Å². The molecule has 150 valence electrons. The largest absolute Gasteiger partial charge is 0.465 e. The Morgan fingerprint density at radius 1 is 1.24 bits per heavy atom. The number of guanidine groups is 1. The predicted octanol–water partition coefficient (Wildman–Crippen LogP) is 2.59. The van der Waals surface area contributed by atoms with Crippen LogP contribution in [-0.4, -0.2) is 35.9 Å². The van der Waals surface area contributed by atoms with Crippen molar-refractivity contribution in [3.63, 3.8) is 0 Å². The summed E-state index contributed by atoms with van der Waals surface area (Å²) < 4.78 is 18.9. The van der Waals surface area contributed by atoms with Crippen LogP contribution in [0.2, 0.25) is 0 Å². The van der Waals surface area contributed by atoms with Crippen molar-refractivity contribution in [2.75, 3.05) is 13.2 Å². The number of esters is 1. The zero-order valence-electron chi connectivity index (χ0n) is 16.1. The van der Waals surface area contributed by atoms with Gasteiger partial charge in [-0.3, -0.25) is 14.9 Å². The van der Waals surface area contributed by atoms with Gasteiger partial charge in [-0.2, -0.15) is 0 Å². The van der Waals surface area contributed by atoms with E-state index in [-0.39, 0.29) is 6.61 Å². The lowest BCUT2D eigenvalue weighted by atomic mass is 9.91. The summed E-state index contributed by atoms with van der Waals surface area (Å²) in [6.07, 6.45) is 0.830. The minimum atomic E-state index is -1.16. The van der Waals surface area contributed by atoms with Gasteiger partial charge in [-0.15, -0.1) is 0 Å². The monoisotopic (exact) mass is 395 g/mol. The van der Waals surface area contributed by atoms with Gasteiger partial charge in [0.2, 0.25) is 11.9 Å². The summed E-state index contributed by atoms with van der Waals surface area (Å²) in [6, 6.07) is 13.1. The molecule has 0 unspecified atom stereocenters. The first-order valence-electron chi connectivity index (χ1n) is 9.69. The van der Waals surface area contributed by atoms with Crippen molar-refractivity contribution in [1.82, 2.24) is 10.2 Å². The number of hydrogen-bond donors (Lipinski definition) is 1. The fourth-order valence-corrected chi connectivity index (χ4v) is 3.83. The molecule has 2 aromatic rings. The predicted molar refractivity (Wildman–Crippen MR) is 105 cm³/mol. The Labute approximate surface area is 168 Å². The van der Waals surface area contributed by atoms with Crippen LogP contribution in [0, 0.1) is 11.7 Å². The highest BCUT2D eigenvalue weighted by molar-refractivity contribution is 6.08. The van der Waals surface area contributed by atoms with Gasteiger partial charge in [-0.1, -0.05) is 36.4 Å². The molecule has 6 nitrogen and oxygen atoms in total. The van der Waals surface area contributed by atoms with Gasteiger partial charge in [-0.25, -0.2) is 9.38 Å². The lowest BCUT2D eigenvalue weighted by Gasteiger charge is -2.36. The Morgan fingerprint density at radius 3 is 2.79 bits per heavy atom. The summed E-state index contributed by atoms with van der Waals surface area (Å²) >= 11 is 0. The molecule has 0 radical (unpaired) electrons. The van der Waals surface area contributed by atoms with Crippen molar-refractivity contribution in [2.24, 2.45) is 10.9 Å². The summed E-state index contributed by atoms with van der Waals surface area (Å²) in [7, 11) is 0. The van der Waals surface area contributed by atoms with Crippen molar-refractivity contribution in [1.29, 1.82) is 0 Å². The van der Waals surface area contributed by atoms with Crippen LogP contribution in [0.4, 0.5) is 4.39 Å². The number of benzene rings is 2. The molecule has 1 amide bonds. The number of rotatable bonds is 3. The van der Waals surface area contributed by atoms with Gasteiger partial charge in [0.1, 0.15) is 11.9 Å². The standard InChI is InChI=1S/C22H22FN3O3/c1-2-29-21(28)18-19(15-8-5-9-17(23)12-15)24-22(25-20(18)27)26-11-10-14-6-3-4-7-16(14)13-26/h3-9,12,18-19H,2,10-11,13H2,1H3,(H,24,25,27)/t18-,19+/m0/s1. The SMILES string of the molecule is CCOC(=O)[C@@H]1C(=O)NC(N2CCc3ccccc3C2)=N[C@@H]1c1cccc(F)c1. The highest BCUT2D eigenvalue weighted by Crippen LogP contribution is 2.32. The third-order valence-corrected chi connectivity index (χ3v) is 5.26. The van der Waals surface area contributed by atoms with E-state index in [1.165, 1.54) is 23.3 Å². The van der Waals surface area contributed by atoms with Crippen molar-refractivity contribution < 1.29 is 18.7 Å². The summed E-state index contributed by atoms with van der Waals surface area (Å²) in [5.41, 5.74) is 2.91. The van der Waals surface area contributed by atoms with Crippen LogP contribution < -0.4 is 5.32 Å². The van der Waals surface area contributed by atoms with E-state index in [4.69, 9.17) is 4.74 Å². The lowest BCUT2D eigenvalue weighted by molar-refractivity contribution is -0.153. The van der Waals surface area contributed by atoms with Crippen molar-refractivity contribution in [3.8, 4) is 0 Å². The number of nitrogens with zero attached hydrogens (tertiary/aromatic N) is 2. The number of aliphatic imine (C=N–C) groups is 1. The van der Waals surface area contributed by atoms with Crippen LogP contribution in [0.5, 0.6) is 0 Å². The van der Waals surface area contributed by atoms with Gasteiger partial charge < -0.3 is 9.64 Å². The molecule has 0 saturated heterocycles. The smallest absolute Gasteiger partial charge is 0.321 e. The van der Waals surface area contributed by atoms with Crippen LogP contribution in [-0.2, 0) is 27.3 Å². The molecule has 2 atom stereocenters. The summed E-state index contributed by atoms with van der Waals surface area (Å²) in [4.78, 5) is 32.0. The van der Waals surface area contributed by atoms with E-state index in [9.17, 15) is 14.0 Å². The molecule has 2 aliphatic heterocycles. The third-order valence-electron chi connectivity index (χ3n) is 5.26. The lowest BCUT2D eigenvalue weighted by Crippen LogP contribution is -2.53. The molecule has 2 aromatic carbocycles. The highest BCUT2D eigenvalue weighted by Gasteiger charge is 2.42. The van der Waals surface area contributed by atoms with E-state index in [2.05, 4.69) is 22.4 Å². The molecule has 0 bridgehead atoms. The normalized spacial score (nSPS) is 21.1. The molecular weight excluding hydrogens is 373 g/mol. The maximum Gasteiger partial charge on any atom is 0.321 e. The topological polar surface area (TPSA) is 71.0 Å². The molecule has 7 heteroatoms. The molecule has 4 rings (SSSR count). The van der Waals surface area contributed by atoms with E-state index in [1.54, 1.807) is 19.1 Å². The molecule has 2 heterocycles. The number of fused-ring (bicyclic) bond motifs is 1. The summed E-state index contributed by atoms with van der Waals surface area (Å²) in [5, 5.41) is 2.76. The minimum Gasteiger partial charge on any atom is -0.465 e. The quantitative estimate of drug-likeness (QED) is 0.641. The van der Waals surface area contributed by atoms with Gasteiger partial charge in [0.05, 0.1) is 6.61 Å². The molecule has 0 saturated carbocycles. The molecular formula is C22H22FN3O3. The van der Waals surface area contributed by atoms with Crippen molar-refractivity contribution in [2.45, 2.75) is 25.9 Å². The van der Waals surface area contributed by atoms with Crippen LogP contribution in [0.15, 0.2) is 53.5 Å². The maximum atomic E-state index is 13.8. The zero-order valence-corrected chi connectivity index (χ0v) is 16.1. The second-order valence-corrected chi connectivity index (χ2v) is 7.11. The number of hydrogen-bond acceptors (Lipinski definition) is 5. The number of ether oxygens (including phenoxy) is 1. The van der Waals surface area contributed by atoms with Gasteiger partial charge in [0, 0.05) is 13.1 Å². The summed E-state index contributed by atoms with van der Waals surface area (Å²) in [5.74, 6) is -2.34. The number of amides is 1. The summed E-state index contributed by atoms with van der Waals surface area (Å²) in [6.45, 7) is 3.12. The third kappa shape index (κ3) is 3.85. The van der Waals surface area contributed by atoms with E-state index in [0.717, 1.165) is 6.42 Å². The maximum absolute atomic E-state index is 13.8. The van der Waals surface area contributed by atoms with Crippen molar-refractivity contribution in [3.05, 3.63) is 71.0 Å². The number of carbonyl (C=O) groups is 2. The second kappa shape index (κ2) is 8.03. The zero-order chi connectivity index (χ0) is 20.4. The minimum absolute atomic E-state index is 0.151. The molecule has 0 aromatic heterocycles. The van der Waals surface area contributed by atoms with Crippen molar-refractivity contribution >= 4 is 17.8 Å². The highest BCUT2D eigenvalue weighted by atomic mass is 19.1. The van der Waals surface area contributed by atoms with Crippen LogP contribution >= 0.6 is 0 Å². The van der Waals surface area contributed by atoms with Gasteiger partial charge >= 0.3 is 5.97 Å². The first kappa shape index (κ1) is 19.1. The van der Waals surface area contributed by atoms with E-state index in [0.29, 0.717) is 24.6 Å². The average Bonchev–Trinajstić information content (AvgIpc) is 2.73. The van der Waals surface area contributed by atoms with E-state index >= 15 is 0 Å². The molecule has 29 heavy (non-hydrogen) atoms. The molecule has 2 aliphatic rings. The molecule has 0 spiro atoms. The Bertz CT molecular complexity index is 975. The Hall–Kier alpha value is -3.22. The first-order valence-corrected chi connectivity index (χ1v) is 9.69.